The first-order chi connectivity index (χ1) is 11.2. The van der Waals surface area contributed by atoms with Crippen LogP contribution < -0.4 is 0 Å². The van der Waals surface area contributed by atoms with E-state index in [1.807, 2.05) is 42.5 Å². The van der Waals surface area contributed by atoms with Crippen LogP contribution in [0.5, 0.6) is 0 Å². The van der Waals surface area contributed by atoms with E-state index in [-0.39, 0.29) is 24.1 Å². The molecule has 23 heavy (non-hydrogen) atoms. The first kappa shape index (κ1) is 15.9. The normalized spacial score (nSPS) is 24.9. The van der Waals surface area contributed by atoms with E-state index < -0.39 is 0 Å². The molecule has 0 saturated carbocycles. The summed E-state index contributed by atoms with van der Waals surface area (Å²) in [6, 6.07) is 16.4. The largest absolute Gasteiger partial charge is 0.393 e. The van der Waals surface area contributed by atoms with Crippen molar-refractivity contribution in [3.05, 3.63) is 77.6 Å². The Bertz CT molecular complexity index is 636. The summed E-state index contributed by atoms with van der Waals surface area (Å²) in [6.45, 7) is 0. The number of rotatable bonds is 4. The van der Waals surface area contributed by atoms with E-state index in [2.05, 4.69) is 0 Å². The van der Waals surface area contributed by atoms with Crippen molar-refractivity contribution < 1.29 is 14.2 Å². The van der Waals surface area contributed by atoms with Gasteiger partial charge in [0.2, 0.25) is 0 Å². The van der Waals surface area contributed by atoms with Crippen LogP contribution in [0, 0.1) is 5.82 Å². The van der Waals surface area contributed by atoms with E-state index in [9.17, 15) is 9.50 Å². The fourth-order valence-corrected chi connectivity index (χ4v) is 2.95. The number of hydrogen-bond acceptors (Lipinski definition) is 2. The van der Waals surface area contributed by atoms with Gasteiger partial charge >= 0.3 is 0 Å². The summed E-state index contributed by atoms with van der Waals surface area (Å²) in [4.78, 5) is 0. The van der Waals surface area contributed by atoms with Gasteiger partial charge in [-0.15, -0.1) is 0 Å². The second kappa shape index (κ2) is 7.53. The zero-order valence-corrected chi connectivity index (χ0v) is 12.9. The first-order valence-corrected chi connectivity index (χ1v) is 8.01. The van der Waals surface area contributed by atoms with Gasteiger partial charge in [0.1, 0.15) is 5.82 Å². The van der Waals surface area contributed by atoms with E-state index in [0.29, 0.717) is 12.8 Å². The zero-order valence-electron chi connectivity index (χ0n) is 12.9. The predicted octanol–water partition coefficient (Wildman–Crippen LogP) is 4.51. The van der Waals surface area contributed by atoms with Crippen molar-refractivity contribution in [2.75, 3.05) is 0 Å². The van der Waals surface area contributed by atoms with Gasteiger partial charge in [0.05, 0.1) is 18.3 Å². The minimum atomic E-state index is -0.335. The molecular weight excluding hydrogens is 291 g/mol. The monoisotopic (exact) mass is 312 g/mol. The Balaban J connectivity index is 1.60. The summed E-state index contributed by atoms with van der Waals surface area (Å²) in [5, 5.41) is 10.1. The van der Waals surface area contributed by atoms with E-state index in [0.717, 1.165) is 17.5 Å². The highest BCUT2D eigenvalue weighted by molar-refractivity contribution is 5.48. The molecule has 0 radical (unpaired) electrons. The Hall–Kier alpha value is -1.97. The lowest BCUT2D eigenvalue weighted by atomic mass is 9.95. The highest BCUT2D eigenvalue weighted by Gasteiger charge is 2.28. The molecule has 2 nitrogen and oxygen atoms in total. The minimum Gasteiger partial charge on any atom is -0.393 e. The summed E-state index contributed by atoms with van der Waals surface area (Å²) in [5.41, 5.74) is 2.07. The van der Waals surface area contributed by atoms with E-state index in [4.69, 9.17) is 4.74 Å². The van der Waals surface area contributed by atoms with Gasteiger partial charge in [-0.2, -0.15) is 0 Å². The molecule has 1 aliphatic heterocycles. The van der Waals surface area contributed by atoms with Crippen molar-refractivity contribution in [1.82, 2.24) is 0 Å². The molecular formula is C20H21FO2. The molecule has 3 rings (SSSR count). The fraction of sp³-hybridized carbons (Fsp3) is 0.300. The predicted molar refractivity (Wildman–Crippen MR) is 89.3 cm³/mol. The average molecular weight is 312 g/mol. The lowest BCUT2D eigenvalue weighted by Crippen LogP contribution is -2.31. The van der Waals surface area contributed by atoms with Crippen LogP contribution in [0.1, 0.15) is 36.5 Å². The summed E-state index contributed by atoms with van der Waals surface area (Å²) in [7, 11) is 0. The molecule has 120 valence electrons. The molecule has 0 unspecified atom stereocenters. The van der Waals surface area contributed by atoms with Crippen LogP contribution in [0.25, 0.3) is 6.08 Å². The highest BCUT2D eigenvalue weighted by Crippen LogP contribution is 2.32. The Morgan fingerprint density at radius 3 is 2.52 bits per heavy atom. The van der Waals surface area contributed by atoms with Crippen LogP contribution in [-0.4, -0.2) is 17.3 Å². The number of benzene rings is 2. The van der Waals surface area contributed by atoms with Crippen LogP contribution in [0.4, 0.5) is 4.39 Å². The van der Waals surface area contributed by atoms with Crippen LogP contribution in [0.2, 0.25) is 0 Å². The van der Waals surface area contributed by atoms with Gasteiger partial charge in [-0.1, -0.05) is 54.6 Å². The van der Waals surface area contributed by atoms with Gasteiger partial charge in [0.15, 0.2) is 0 Å². The van der Waals surface area contributed by atoms with Crippen molar-refractivity contribution in [2.24, 2.45) is 0 Å². The Morgan fingerprint density at radius 2 is 1.78 bits per heavy atom. The fourth-order valence-electron chi connectivity index (χ4n) is 2.95. The molecule has 0 spiro atoms. The molecule has 3 heteroatoms. The molecule has 1 saturated heterocycles. The lowest BCUT2D eigenvalue weighted by Gasteiger charge is -2.33. The van der Waals surface area contributed by atoms with Crippen LogP contribution in [0.15, 0.2) is 60.7 Å². The van der Waals surface area contributed by atoms with Crippen LogP contribution in [0.3, 0.4) is 0 Å². The maximum absolute atomic E-state index is 12.9. The maximum Gasteiger partial charge on any atom is 0.123 e. The second-order valence-corrected chi connectivity index (χ2v) is 5.97. The molecule has 1 heterocycles. The Labute approximate surface area is 136 Å². The zero-order chi connectivity index (χ0) is 16.1. The topological polar surface area (TPSA) is 29.5 Å². The SMILES string of the molecule is O[C@H]1C[C@@H](C/C=C/c2ccc(F)cc2)O[C@@H](c2ccccc2)C1. The van der Waals surface area contributed by atoms with Gasteiger partial charge in [0, 0.05) is 6.42 Å². The molecule has 0 aliphatic carbocycles. The van der Waals surface area contributed by atoms with E-state index in [1.54, 1.807) is 12.1 Å². The van der Waals surface area contributed by atoms with Crippen molar-refractivity contribution in [1.29, 1.82) is 0 Å². The third-order valence-electron chi connectivity index (χ3n) is 4.13. The van der Waals surface area contributed by atoms with Gasteiger partial charge in [-0.05, 0) is 36.1 Å². The third-order valence-corrected chi connectivity index (χ3v) is 4.13. The maximum atomic E-state index is 12.9. The molecule has 0 aromatic heterocycles. The van der Waals surface area contributed by atoms with Crippen LogP contribution in [-0.2, 0) is 4.74 Å². The quantitative estimate of drug-likeness (QED) is 0.900. The lowest BCUT2D eigenvalue weighted by molar-refractivity contribution is -0.0957. The van der Waals surface area contributed by atoms with E-state index in [1.165, 1.54) is 12.1 Å². The number of aliphatic hydroxyl groups is 1. The summed E-state index contributed by atoms with van der Waals surface area (Å²) in [6.07, 6.45) is 5.62. The van der Waals surface area contributed by atoms with E-state index >= 15 is 0 Å². The number of aliphatic hydroxyl groups excluding tert-OH is 1. The van der Waals surface area contributed by atoms with Gasteiger partial charge in [0.25, 0.3) is 0 Å². The van der Waals surface area contributed by atoms with Crippen molar-refractivity contribution in [3.8, 4) is 0 Å². The molecule has 2 aromatic carbocycles. The van der Waals surface area contributed by atoms with Crippen molar-refractivity contribution in [2.45, 2.75) is 37.6 Å². The van der Waals surface area contributed by atoms with Crippen molar-refractivity contribution >= 4 is 6.08 Å². The minimum absolute atomic E-state index is 0.000606. The van der Waals surface area contributed by atoms with Gasteiger partial charge in [-0.3, -0.25) is 0 Å². The summed E-state index contributed by atoms with van der Waals surface area (Å²) < 4.78 is 19.0. The molecule has 2 aromatic rings. The number of halogens is 1. The molecule has 0 amide bonds. The van der Waals surface area contributed by atoms with Gasteiger partial charge < -0.3 is 9.84 Å². The Kier molecular flexibility index (Phi) is 5.21. The molecule has 0 bridgehead atoms. The third kappa shape index (κ3) is 4.50. The smallest absolute Gasteiger partial charge is 0.123 e. The Morgan fingerprint density at radius 1 is 1.04 bits per heavy atom. The van der Waals surface area contributed by atoms with Gasteiger partial charge in [-0.25, -0.2) is 4.39 Å². The highest BCUT2D eigenvalue weighted by atomic mass is 19.1. The second-order valence-electron chi connectivity index (χ2n) is 5.97. The average Bonchev–Trinajstić information content (AvgIpc) is 2.57. The molecule has 1 N–H and O–H groups in total. The summed E-state index contributed by atoms with van der Waals surface area (Å²) >= 11 is 0. The number of ether oxygens (including phenoxy) is 1. The first-order valence-electron chi connectivity index (χ1n) is 8.01. The van der Waals surface area contributed by atoms with Crippen LogP contribution >= 0.6 is 0 Å². The molecule has 1 fully saturated rings. The number of hydrogen-bond donors (Lipinski definition) is 1. The van der Waals surface area contributed by atoms with Crippen molar-refractivity contribution in [3.63, 3.8) is 0 Å². The summed E-state index contributed by atoms with van der Waals surface area (Å²) in [5.74, 6) is -0.230. The standard InChI is InChI=1S/C20H21FO2/c21-17-11-9-15(10-12-17)5-4-8-19-13-18(22)14-20(23-19)16-6-2-1-3-7-16/h1-7,9-12,18-20,22H,8,13-14H2/b5-4+/t18-,19+,20+/m0/s1. The molecule has 3 atom stereocenters. The molecule has 1 aliphatic rings.